The number of fused-ring (bicyclic) bond motifs is 1. The van der Waals surface area contributed by atoms with Crippen LogP contribution in [0.4, 0.5) is 0 Å². The largest absolute Gasteiger partial charge is 0.497 e. The normalized spacial score (nSPS) is 16.9. The maximum atomic E-state index is 12.6. The number of carbonyl (C=O) groups is 1. The lowest BCUT2D eigenvalue weighted by molar-refractivity contribution is -0.134. The summed E-state index contributed by atoms with van der Waals surface area (Å²) in [6.07, 6.45) is 4.79. The summed E-state index contributed by atoms with van der Waals surface area (Å²) in [4.78, 5) is 14.5. The molecule has 1 aliphatic rings. The Morgan fingerprint density at radius 2 is 2.14 bits per heavy atom. The molecule has 1 saturated carbocycles. The van der Waals surface area contributed by atoms with Gasteiger partial charge in [-0.1, -0.05) is 18.0 Å². The summed E-state index contributed by atoms with van der Waals surface area (Å²) >= 11 is 0. The van der Waals surface area contributed by atoms with Crippen molar-refractivity contribution >= 4 is 16.9 Å². The van der Waals surface area contributed by atoms with E-state index >= 15 is 0 Å². The second kappa shape index (κ2) is 5.63. The predicted octanol–water partition coefficient (Wildman–Crippen LogP) is 3.17. The Balaban J connectivity index is 1.82. The highest BCUT2D eigenvalue weighted by Crippen LogP contribution is 2.34. The Labute approximate surface area is 130 Å². The zero-order valence-electron chi connectivity index (χ0n) is 13.4. The summed E-state index contributed by atoms with van der Waals surface area (Å²) in [6.45, 7) is 2.17. The predicted molar refractivity (Wildman–Crippen MR) is 83.9 cm³/mol. The first-order chi connectivity index (χ1) is 10.5. The van der Waals surface area contributed by atoms with E-state index in [0.717, 1.165) is 24.0 Å². The van der Waals surface area contributed by atoms with Gasteiger partial charge in [-0.25, -0.2) is 0 Å². The molecule has 1 heterocycles. The molecule has 3 rings (SSSR count). The lowest BCUT2D eigenvalue weighted by atomic mass is 9.98. The first-order valence-corrected chi connectivity index (χ1v) is 7.72. The maximum absolute atomic E-state index is 12.6. The van der Waals surface area contributed by atoms with Crippen molar-refractivity contribution < 1.29 is 14.1 Å². The number of nitrogens with zero attached hydrogens (tertiary/aromatic N) is 2. The Bertz CT molecular complexity index is 686. The van der Waals surface area contributed by atoms with Gasteiger partial charge < -0.3 is 14.2 Å². The Morgan fingerprint density at radius 1 is 1.41 bits per heavy atom. The summed E-state index contributed by atoms with van der Waals surface area (Å²) in [5, 5.41) is 4.91. The van der Waals surface area contributed by atoms with E-state index in [1.807, 2.05) is 30.1 Å². The van der Waals surface area contributed by atoms with Gasteiger partial charge in [-0.05, 0) is 38.0 Å². The summed E-state index contributed by atoms with van der Waals surface area (Å²) < 4.78 is 10.5. The first kappa shape index (κ1) is 14.9. The van der Waals surface area contributed by atoms with Crippen molar-refractivity contribution in [2.75, 3.05) is 14.2 Å². The van der Waals surface area contributed by atoms with Crippen LogP contribution in [0, 0.1) is 0 Å². The van der Waals surface area contributed by atoms with Gasteiger partial charge in [-0.15, -0.1) is 0 Å². The smallest absolute Gasteiger partial charge is 0.228 e. The molecule has 0 aliphatic heterocycles. The van der Waals surface area contributed by atoms with Gasteiger partial charge in [0, 0.05) is 18.0 Å². The number of carbonyl (C=O) groups excluding carboxylic acids is 1. The molecular formula is C17H22N2O3. The van der Waals surface area contributed by atoms with Crippen molar-refractivity contribution in [3.8, 4) is 5.75 Å². The SMILES string of the molecule is COc1ccc2onc(CC(=O)N(C)C3(C)CCCC3)c2c1. The molecule has 0 spiro atoms. The van der Waals surface area contributed by atoms with E-state index in [1.54, 1.807) is 7.11 Å². The molecule has 1 aliphatic carbocycles. The summed E-state index contributed by atoms with van der Waals surface area (Å²) in [5.74, 6) is 0.822. The van der Waals surface area contributed by atoms with Crippen LogP contribution in [0.3, 0.4) is 0 Å². The molecule has 0 atom stereocenters. The molecule has 0 saturated heterocycles. The lowest BCUT2D eigenvalue weighted by Crippen LogP contribution is -2.45. The third-order valence-electron chi connectivity index (χ3n) is 4.94. The van der Waals surface area contributed by atoms with Crippen molar-refractivity contribution in [3.63, 3.8) is 0 Å². The number of aromatic nitrogens is 1. The van der Waals surface area contributed by atoms with Gasteiger partial charge in [0.25, 0.3) is 0 Å². The molecule has 0 bridgehead atoms. The molecule has 0 N–H and O–H groups in total. The molecule has 2 aromatic rings. The second-order valence-electron chi connectivity index (χ2n) is 6.32. The molecule has 1 aromatic carbocycles. The van der Waals surface area contributed by atoms with Gasteiger partial charge in [0.05, 0.1) is 13.5 Å². The molecule has 22 heavy (non-hydrogen) atoms. The number of hydrogen-bond acceptors (Lipinski definition) is 4. The van der Waals surface area contributed by atoms with Crippen LogP contribution in [0.15, 0.2) is 22.7 Å². The molecule has 5 heteroatoms. The second-order valence-corrected chi connectivity index (χ2v) is 6.32. The third-order valence-corrected chi connectivity index (χ3v) is 4.94. The van der Waals surface area contributed by atoms with Gasteiger partial charge in [-0.2, -0.15) is 0 Å². The number of hydrogen-bond donors (Lipinski definition) is 0. The lowest BCUT2D eigenvalue weighted by Gasteiger charge is -2.35. The van der Waals surface area contributed by atoms with Gasteiger partial charge in [0.2, 0.25) is 5.91 Å². The van der Waals surface area contributed by atoms with Crippen LogP contribution < -0.4 is 4.74 Å². The molecule has 1 amide bonds. The van der Waals surface area contributed by atoms with E-state index < -0.39 is 0 Å². The maximum Gasteiger partial charge on any atom is 0.228 e. The molecule has 0 unspecified atom stereocenters. The Hall–Kier alpha value is -2.04. The Morgan fingerprint density at radius 3 is 2.82 bits per heavy atom. The quantitative estimate of drug-likeness (QED) is 0.870. The summed E-state index contributed by atoms with van der Waals surface area (Å²) in [7, 11) is 3.52. The average molecular weight is 302 g/mol. The number of benzene rings is 1. The molecule has 0 radical (unpaired) electrons. The summed E-state index contributed by atoms with van der Waals surface area (Å²) in [5.41, 5.74) is 1.33. The minimum Gasteiger partial charge on any atom is -0.497 e. The van der Waals surface area contributed by atoms with Crippen molar-refractivity contribution in [1.82, 2.24) is 10.1 Å². The fraction of sp³-hybridized carbons (Fsp3) is 0.529. The Kier molecular flexibility index (Phi) is 3.81. The summed E-state index contributed by atoms with van der Waals surface area (Å²) in [6, 6.07) is 5.51. The van der Waals surface area contributed by atoms with E-state index in [2.05, 4.69) is 12.1 Å². The van der Waals surface area contributed by atoms with E-state index in [0.29, 0.717) is 11.3 Å². The van der Waals surface area contributed by atoms with Crippen LogP contribution in [-0.4, -0.2) is 35.7 Å². The van der Waals surface area contributed by atoms with Crippen LogP contribution in [-0.2, 0) is 11.2 Å². The third kappa shape index (κ3) is 2.56. The minimum absolute atomic E-state index is 0.0195. The molecule has 118 valence electrons. The zero-order chi connectivity index (χ0) is 15.7. The molecule has 1 aromatic heterocycles. The van der Waals surface area contributed by atoms with Crippen molar-refractivity contribution in [2.45, 2.75) is 44.6 Å². The molecule has 5 nitrogen and oxygen atoms in total. The number of amides is 1. The highest BCUT2D eigenvalue weighted by Gasteiger charge is 2.35. The minimum atomic E-state index is -0.0195. The number of rotatable bonds is 4. The average Bonchev–Trinajstić information content (AvgIpc) is 3.13. The van der Waals surface area contributed by atoms with E-state index in [1.165, 1.54) is 12.8 Å². The van der Waals surface area contributed by atoms with Crippen molar-refractivity contribution in [2.24, 2.45) is 0 Å². The van der Waals surface area contributed by atoms with Gasteiger partial charge >= 0.3 is 0 Å². The zero-order valence-corrected chi connectivity index (χ0v) is 13.4. The molecule has 1 fully saturated rings. The first-order valence-electron chi connectivity index (χ1n) is 7.72. The molecular weight excluding hydrogens is 280 g/mol. The highest BCUT2D eigenvalue weighted by molar-refractivity contribution is 5.87. The van der Waals surface area contributed by atoms with Gasteiger partial charge in [-0.3, -0.25) is 4.79 Å². The van der Waals surface area contributed by atoms with Crippen molar-refractivity contribution in [1.29, 1.82) is 0 Å². The van der Waals surface area contributed by atoms with Crippen LogP contribution in [0.5, 0.6) is 5.75 Å². The van der Waals surface area contributed by atoms with Crippen LogP contribution in [0.25, 0.3) is 11.0 Å². The highest BCUT2D eigenvalue weighted by atomic mass is 16.5. The standard InChI is InChI=1S/C17H22N2O3/c1-17(8-4-5-9-17)19(2)16(20)11-14-13-10-12(21-3)6-7-15(13)22-18-14/h6-7,10H,4-5,8-9,11H2,1-3H3. The van der Waals surface area contributed by atoms with E-state index in [-0.39, 0.29) is 17.9 Å². The van der Waals surface area contributed by atoms with Gasteiger partial charge in [0.1, 0.15) is 11.4 Å². The topological polar surface area (TPSA) is 55.6 Å². The van der Waals surface area contributed by atoms with Crippen LogP contribution >= 0.6 is 0 Å². The fourth-order valence-corrected chi connectivity index (χ4v) is 3.26. The van der Waals surface area contributed by atoms with Crippen molar-refractivity contribution in [3.05, 3.63) is 23.9 Å². The van der Waals surface area contributed by atoms with Crippen LogP contribution in [0.2, 0.25) is 0 Å². The van der Waals surface area contributed by atoms with E-state index in [4.69, 9.17) is 9.26 Å². The fourth-order valence-electron chi connectivity index (χ4n) is 3.26. The van der Waals surface area contributed by atoms with Gasteiger partial charge in [0.15, 0.2) is 5.58 Å². The van der Waals surface area contributed by atoms with E-state index in [9.17, 15) is 4.79 Å². The number of likely N-dealkylation sites (N-methyl/N-ethyl adjacent to an activating group) is 1. The van der Waals surface area contributed by atoms with Crippen LogP contribution in [0.1, 0.15) is 38.3 Å². The number of methoxy groups -OCH3 is 1. The monoisotopic (exact) mass is 302 g/mol. The number of ether oxygens (including phenoxy) is 1.